The Morgan fingerprint density at radius 1 is 1.06 bits per heavy atom. The topological polar surface area (TPSA) is 14.1 Å². The number of hydrogen-bond donors (Lipinski definition) is 0. The van der Waals surface area contributed by atoms with E-state index in [1.807, 2.05) is 0 Å². The molecule has 0 amide bonds. The third-order valence-corrected chi connectivity index (χ3v) is 6.55. The Labute approximate surface area is 107 Å². The van der Waals surface area contributed by atoms with Gasteiger partial charge in [0.1, 0.15) is 0 Å². The molecule has 3 fully saturated rings. The number of nitrogens with zero attached hydrogens (tertiary/aromatic N) is 1. The summed E-state index contributed by atoms with van der Waals surface area (Å²) in [5.41, 5.74) is 1.77. The maximum Gasteiger partial charge on any atom is -0.0320 e. The second-order valence-electron chi connectivity index (χ2n) is 8.13. The van der Waals surface area contributed by atoms with Gasteiger partial charge in [-0.15, -0.1) is 6.04 Å². The fourth-order valence-corrected chi connectivity index (χ4v) is 5.98. The maximum absolute atomic E-state index is 4.81. The summed E-state index contributed by atoms with van der Waals surface area (Å²) in [6.07, 6.45) is 10.1. The Kier molecular flexibility index (Phi) is 2.47. The maximum atomic E-state index is 4.81. The minimum absolute atomic E-state index is 0.531. The van der Waals surface area contributed by atoms with Gasteiger partial charge in [-0.1, -0.05) is 33.6 Å². The van der Waals surface area contributed by atoms with Crippen LogP contribution in [0, 0.1) is 22.2 Å². The molecular weight excluding hydrogens is 206 g/mol. The average Bonchev–Trinajstić information content (AvgIpc) is 2.44. The van der Waals surface area contributed by atoms with E-state index in [1.165, 1.54) is 44.9 Å². The van der Waals surface area contributed by atoms with Crippen molar-refractivity contribution in [3.05, 3.63) is 5.32 Å². The van der Waals surface area contributed by atoms with Crippen LogP contribution in [0.4, 0.5) is 0 Å². The zero-order chi connectivity index (χ0) is 12.3. The van der Waals surface area contributed by atoms with E-state index in [4.69, 9.17) is 5.32 Å². The monoisotopic (exact) mass is 234 g/mol. The van der Waals surface area contributed by atoms with Gasteiger partial charge in [-0.2, -0.15) is 7.05 Å². The second kappa shape index (κ2) is 3.50. The molecule has 0 unspecified atom stereocenters. The summed E-state index contributed by atoms with van der Waals surface area (Å²) in [7, 11) is 2.07. The van der Waals surface area contributed by atoms with Gasteiger partial charge in [-0.25, -0.2) is 0 Å². The van der Waals surface area contributed by atoms with Crippen LogP contribution in [0.3, 0.4) is 0 Å². The van der Waals surface area contributed by atoms with E-state index in [-0.39, 0.29) is 0 Å². The molecule has 2 bridgehead atoms. The Balaban J connectivity index is 2.00. The third-order valence-electron chi connectivity index (χ3n) is 6.55. The lowest BCUT2D eigenvalue weighted by Crippen LogP contribution is -2.48. The lowest BCUT2D eigenvalue weighted by atomic mass is 9.49. The largest absolute Gasteiger partial charge is 0.662 e. The van der Waals surface area contributed by atoms with Crippen LogP contribution >= 0.6 is 0 Å². The highest BCUT2D eigenvalue weighted by Gasteiger charge is 2.59. The van der Waals surface area contributed by atoms with Crippen molar-refractivity contribution in [2.45, 2.75) is 71.8 Å². The Morgan fingerprint density at radius 2 is 1.82 bits per heavy atom. The molecule has 0 aliphatic heterocycles. The summed E-state index contributed by atoms with van der Waals surface area (Å²) in [6.45, 7) is 7.55. The highest BCUT2D eigenvalue weighted by atomic mass is 14.9. The molecule has 1 spiro atoms. The first-order valence-corrected chi connectivity index (χ1v) is 7.51. The molecule has 3 rings (SSSR count). The van der Waals surface area contributed by atoms with E-state index >= 15 is 0 Å². The third kappa shape index (κ3) is 1.54. The van der Waals surface area contributed by atoms with E-state index in [9.17, 15) is 0 Å². The summed E-state index contributed by atoms with van der Waals surface area (Å²) in [4.78, 5) is 0. The van der Waals surface area contributed by atoms with E-state index in [0.29, 0.717) is 22.3 Å². The van der Waals surface area contributed by atoms with Gasteiger partial charge in [0, 0.05) is 0 Å². The lowest BCUT2D eigenvalue weighted by molar-refractivity contribution is -0.0470. The first-order valence-electron chi connectivity index (χ1n) is 7.51. The van der Waals surface area contributed by atoms with Gasteiger partial charge in [0.2, 0.25) is 0 Å². The van der Waals surface area contributed by atoms with Gasteiger partial charge in [-0.05, 0) is 54.3 Å². The molecule has 3 aliphatic carbocycles. The summed E-state index contributed by atoms with van der Waals surface area (Å²) in [5.74, 6) is 0.942. The molecular formula is C16H28N-. The molecule has 0 aromatic rings. The average molecular weight is 234 g/mol. The number of hydrogen-bond acceptors (Lipinski definition) is 0. The van der Waals surface area contributed by atoms with Crippen LogP contribution in [0.15, 0.2) is 0 Å². The summed E-state index contributed by atoms with van der Waals surface area (Å²) < 4.78 is 0. The van der Waals surface area contributed by atoms with Gasteiger partial charge in [-0.3, -0.25) is 0 Å². The molecule has 0 N–H and O–H groups in total. The molecule has 3 aliphatic rings. The fourth-order valence-electron chi connectivity index (χ4n) is 5.98. The lowest BCUT2D eigenvalue weighted by Gasteiger charge is -2.59. The van der Waals surface area contributed by atoms with Crippen LogP contribution in [0.25, 0.3) is 5.32 Å². The predicted octanol–water partition coefficient (Wildman–Crippen LogP) is 4.77. The molecule has 17 heavy (non-hydrogen) atoms. The van der Waals surface area contributed by atoms with Crippen LogP contribution in [-0.2, 0) is 0 Å². The molecule has 4 atom stereocenters. The first kappa shape index (κ1) is 12.0. The Bertz CT molecular complexity index is 321. The molecule has 0 saturated heterocycles. The normalized spacial score (nSPS) is 52.2. The van der Waals surface area contributed by atoms with Crippen LogP contribution in [0.5, 0.6) is 0 Å². The van der Waals surface area contributed by atoms with E-state index in [0.717, 1.165) is 5.92 Å². The van der Waals surface area contributed by atoms with Crippen molar-refractivity contribution in [1.29, 1.82) is 0 Å². The molecule has 1 nitrogen and oxygen atoms in total. The summed E-state index contributed by atoms with van der Waals surface area (Å²) in [5, 5.41) is 4.81. The molecule has 0 heterocycles. The minimum atomic E-state index is 0.531. The van der Waals surface area contributed by atoms with Crippen LogP contribution in [-0.4, -0.2) is 13.1 Å². The van der Waals surface area contributed by atoms with Crippen molar-refractivity contribution in [3.8, 4) is 0 Å². The summed E-state index contributed by atoms with van der Waals surface area (Å²) >= 11 is 0. The number of fused-ring (bicyclic) bond motifs is 1. The number of rotatable bonds is 1. The van der Waals surface area contributed by atoms with Crippen molar-refractivity contribution < 1.29 is 0 Å². The zero-order valence-corrected chi connectivity index (χ0v) is 12.1. The van der Waals surface area contributed by atoms with Gasteiger partial charge in [0.15, 0.2) is 0 Å². The SMILES string of the molecule is C[N-][C@@H]1CC(C)(C)[C@@H]2CC[C@@]3(C)CCC[C@@]12C3. The molecule has 0 aromatic heterocycles. The summed E-state index contributed by atoms with van der Waals surface area (Å²) in [6, 6.07) is 0.655. The van der Waals surface area contributed by atoms with Crippen molar-refractivity contribution in [3.63, 3.8) is 0 Å². The van der Waals surface area contributed by atoms with E-state index in [1.54, 1.807) is 0 Å². The first-order chi connectivity index (χ1) is 7.92. The Morgan fingerprint density at radius 3 is 2.53 bits per heavy atom. The van der Waals surface area contributed by atoms with Gasteiger partial charge in [0.05, 0.1) is 0 Å². The molecule has 3 saturated carbocycles. The van der Waals surface area contributed by atoms with E-state index < -0.39 is 0 Å². The molecule has 0 radical (unpaired) electrons. The molecule has 1 heteroatoms. The zero-order valence-electron chi connectivity index (χ0n) is 12.1. The van der Waals surface area contributed by atoms with Crippen LogP contribution < -0.4 is 0 Å². The standard InChI is InChI=1S/C16H28N/c1-14(2)10-13(17-4)16-8-5-7-15(3,11-16)9-6-12(14)16/h12-13H,5-11H2,1-4H3/q-1/t12-,13+,15+,16-/m0/s1. The van der Waals surface area contributed by atoms with Crippen molar-refractivity contribution in [1.82, 2.24) is 0 Å². The second-order valence-corrected chi connectivity index (χ2v) is 8.13. The molecule has 98 valence electrons. The Hall–Kier alpha value is -0.0400. The van der Waals surface area contributed by atoms with Crippen LogP contribution in [0.2, 0.25) is 0 Å². The fraction of sp³-hybridized carbons (Fsp3) is 1.00. The van der Waals surface area contributed by atoms with E-state index in [2.05, 4.69) is 27.8 Å². The van der Waals surface area contributed by atoms with Gasteiger partial charge >= 0.3 is 0 Å². The minimum Gasteiger partial charge on any atom is -0.662 e. The predicted molar refractivity (Wildman–Crippen MR) is 73.2 cm³/mol. The van der Waals surface area contributed by atoms with Crippen molar-refractivity contribution in [2.75, 3.05) is 7.05 Å². The molecule has 0 aromatic carbocycles. The van der Waals surface area contributed by atoms with Gasteiger partial charge in [0.25, 0.3) is 0 Å². The van der Waals surface area contributed by atoms with Crippen LogP contribution in [0.1, 0.15) is 65.7 Å². The van der Waals surface area contributed by atoms with Gasteiger partial charge < -0.3 is 5.32 Å². The highest BCUT2D eigenvalue weighted by molar-refractivity contribution is 5.19. The highest BCUT2D eigenvalue weighted by Crippen LogP contribution is 2.69. The van der Waals surface area contributed by atoms with Crippen molar-refractivity contribution in [2.24, 2.45) is 22.2 Å². The quantitative estimate of drug-likeness (QED) is 0.621. The van der Waals surface area contributed by atoms with Crippen molar-refractivity contribution >= 4 is 0 Å². The smallest absolute Gasteiger partial charge is 0.0320 e.